The summed E-state index contributed by atoms with van der Waals surface area (Å²) in [5.74, 6) is -1.87. The molecule has 0 aliphatic carbocycles. The molecule has 0 aliphatic rings. The summed E-state index contributed by atoms with van der Waals surface area (Å²) >= 11 is 4.90. The van der Waals surface area contributed by atoms with E-state index in [4.69, 9.17) is 31.6 Å². The highest BCUT2D eigenvalue weighted by atomic mass is 32.1. The molecular weight excluding hydrogens is 737 g/mol. The Balaban J connectivity index is 2.74. The molecule has 2 aromatic rings. The molecule has 2 aromatic carbocycles. The number of ether oxygens (including phenoxy) is 4. The van der Waals surface area contributed by atoms with E-state index in [1.165, 1.54) is 6.07 Å². The summed E-state index contributed by atoms with van der Waals surface area (Å²) < 4.78 is 23.6. The third-order valence-corrected chi connectivity index (χ3v) is 11.8. The number of hydrogen-bond acceptors (Lipinski definition) is 9. The van der Waals surface area contributed by atoms with Gasteiger partial charge in [-0.3, -0.25) is 0 Å². The molecule has 0 saturated heterocycles. The molecule has 0 aromatic heterocycles. The Labute approximate surface area is 350 Å². The maximum atomic E-state index is 14.2. The van der Waals surface area contributed by atoms with Crippen LogP contribution in [-0.2, 0) is 18.9 Å². The molecular formula is C48H74O8S. The monoisotopic (exact) mass is 811 g/mol. The van der Waals surface area contributed by atoms with Crippen molar-refractivity contribution >= 4 is 36.5 Å². The van der Waals surface area contributed by atoms with Crippen LogP contribution in [-0.4, -0.2) is 50.3 Å². The molecule has 9 heteroatoms. The van der Waals surface area contributed by atoms with Crippen LogP contribution < -0.4 is 0 Å². The maximum Gasteiger partial charge on any atom is 0.340 e. The standard InChI is InChI=1S/C48H74O8S/c1-9-17-22-34(13-5)30-53-45(49)40-27-21-26-38(42(40)47(51)55-32-36(15-7)24-19-11-3)39-28-29-41(46(50)54-31-35(14-6)23-18-10-2)43(44(39)57)48(52)56-33-37(16-8)25-20-12-4/h21,26-29,34-37,57H,9-20,22-25,30-33H2,1-8H3. The second kappa shape index (κ2) is 28.2. The van der Waals surface area contributed by atoms with Crippen LogP contribution in [0, 0.1) is 23.7 Å². The minimum Gasteiger partial charge on any atom is -0.462 e. The maximum absolute atomic E-state index is 14.2. The molecule has 0 spiro atoms. The molecule has 0 aliphatic heterocycles. The first-order chi connectivity index (χ1) is 27.5. The topological polar surface area (TPSA) is 105 Å². The summed E-state index contributed by atoms with van der Waals surface area (Å²) in [5, 5.41) is 0. The number of thiol groups is 1. The summed E-state index contributed by atoms with van der Waals surface area (Å²) in [6.45, 7) is 17.7. The molecule has 0 bridgehead atoms. The van der Waals surface area contributed by atoms with Gasteiger partial charge in [-0.25, -0.2) is 19.2 Å². The molecule has 4 atom stereocenters. The van der Waals surface area contributed by atoms with E-state index in [0.29, 0.717) is 11.1 Å². The van der Waals surface area contributed by atoms with Crippen molar-refractivity contribution in [2.45, 2.75) is 163 Å². The second-order valence-corrected chi connectivity index (χ2v) is 16.1. The van der Waals surface area contributed by atoms with Crippen LogP contribution in [0.2, 0.25) is 0 Å². The SMILES string of the molecule is CCCCC(CC)COC(=O)c1cccc(-c2ccc(C(=O)OCC(CC)CCCC)c(C(=O)OCC(CC)CCCC)c2S)c1C(=O)OCC(CC)CCCC. The largest absolute Gasteiger partial charge is 0.462 e. The van der Waals surface area contributed by atoms with E-state index in [9.17, 15) is 19.2 Å². The van der Waals surface area contributed by atoms with Gasteiger partial charge in [-0.2, -0.15) is 0 Å². The Morgan fingerprint density at radius 2 is 0.807 bits per heavy atom. The van der Waals surface area contributed by atoms with Crippen molar-refractivity contribution in [3.05, 3.63) is 52.6 Å². The average Bonchev–Trinajstić information content (AvgIpc) is 3.23. The lowest BCUT2D eigenvalue weighted by molar-refractivity contribution is 0.0378. The van der Waals surface area contributed by atoms with Crippen molar-refractivity contribution in [1.82, 2.24) is 0 Å². The Kier molecular flexibility index (Phi) is 24.6. The van der Waals surface area contributed by atoms with Gasteiger partial charge in [-0.15, -0.1) is 12.6 Å². The number of esters is 4. The number of carbonyl (C=O) groups excluding carboxylic acids is 4. The van der Waals surface area contributed by atoms with Gasteiger partial charge in [0.15, 0.2) is 0 Å². The number of benzene rings is 2. The minimum atomic E-state index is -0.694. The third-order valence-electron chi connectivity index (χ3n) is 11.4. The lowest BCUT2D eigenvalue weighted by Crippen LogP contribution is -2.21. The predicted octanol–water partition coefficient (Wildman–Crippen LogP) is 13.1. The van der Waals surface area contributed by atoms with Gasteiger partial charge in [0, 0.05) is 4.90 Å². The number of unbranched alkanes of at least 4 members (excludes halogenated alkanes) is 4. The van der Waals surface area contributed by atoms with E-state index in [1.54, 1.807) is 24.3 Å². The zero-order valence-electron chi connectivity index (χ0n) is 36.6. The second-order valence-electron chi connectivity index (χ2n) is 15.7. The fourth-order valence-corrected chi connectivity index (χ4v) is 7.43. The summed E-state index contributed by atoms with van der Waals surface area (Å²) in [7, 11) is 0. The van der Waals surface area contributed by atoms with Crippen molar-refractivity contribution in [1.29, 1.82) is 0 Å². The molecule has 0 radical (unpaired) electrons. The lowest BCUT2D eigenvalue weighted by Gasteiger charge is -2.21. The van der Waals surface area contributed by atoms with Gasteiger partial charge >= 0.3 is 23.9 Å². The summed E-state index contributed by atoms with van der Waals surface area (Å²) in [6, 6.07) is 8.15. The summed E-state index contributed by atoms with van der Waals surface area (Å²) in [6.07, 6.45) is 15.4. The zero-order chi connectivity index (χ0) is 42.2. The first-order valence-corrected chi connectivity index (χ1v) is 22.7. The molecule has 320 valence electrons. The summed E-state index contributed by atoms with van der Waals surface area (Å²) in [4.78, 5) is 56.1. The molecule has 0 N–H and O–H groups in total. The van der Waals surface area contributed by atoms with Gasteiger partial charge in [0.25, 0.3) is 0 Å². The fraction of sp³-hybridized carbons (Fsp3) is 0.667. The van der Waals surface area contributed by atoms with E-state index < -0.39 is 23.9 Å². The Morgan fingerprint density at radius 1 is 0.456 bits per heavy atom. The zero-order valence-corrected chi connectivity index (χ0v) is 37.4. The summed E-state index contributed by atoms with van der Waals surface area (Å²) in [5.41, 5.74) is 0.833. The van der Waals surface area contributed by atoms with Crippen LogP contribution >= 0.6 is 12.6 Å². The highest BCUT2D eigenvalue weighted by molar-refractivity contribution is 7.80. The molecule has 0 amide bonds. The molecule has 0 heterocycles. The normalized spacial score (nSPS) is 13.4. The first-order valence-electron chi connectivity index (χ1n) is 22.2. The van der Waals surface area contributed by atoms with Gasteiger partial charge in [0.2, 0.25) is 0 Å². The Bertz CT molecular complexity index is 1520. The smallest absolute Gasteiger partial charge is 0.340 e. The average molecular weight is 811 g/mol. The van der Waals surface area contributed by atoms with Crippen LogP contribution in [0.4, 0.5) is 0 Å². The highest BCUT2D eigenvalue weighted by Crippen LogP contribution is 2.37. The quantitative estimate of drug-likeness (QED) is 0.0492. The van der Waals surface area contributed by atoms with Crippen LogP contribution in [0.5, 0.6) is 0 Å². The molecule has 2 rings (SSSR count). The van der Waals surface area contributed by atoms with Crippen LogP contribution in [0.25, 0.3) is 11.1 Å². The van der Waals surface area contributed by atoms with Crippen LogP contribution in [0.3, 0.4) is 0 Å². The molecule has 57 heavy (non-hydrogen) atoms. The molecule has 0 fully saturated rings. The van der Waals surface area contributed by atoms with Gasteiger partial charge in [-0.1, -0.05) is 151 Å². The predicted molar refractivity (Wildman–Crippen MR) is 233 cm³/mol. The van der Waals surface area contributed by atoms with E-state index >= 15 is 0 Å². The van der Waals surface area contributed by atoms with Crippen molar-refractivity contribution in [2.24, 2.45) is 23.7 Å². The van der Waals surface area contributed by atoms with Crippen LogP contribution in [0.1, 0.15) is 200 Å². The van der Waals surface area contributed by atoms with E-state index in [0.717, 1.165) is 103 Å². The van der Waals surface area contributed by atoms with E-state index in [2.05, 4.69) is 55.4 Å². The fourth-order valence-electron chi connectivity index (χ4n) is 7.02. The van der Waals surface area contributed by atoms with Crippen molar-refractivity contribution in [3.8, 4) is 11.1 Å². The highest BCUT2D eigenvalue weighted by Gasteiger charge is 2.30. The molecule has 4 unspecified atom stereocenters. The lowest BCUT2D eigenvalue weighted by atomic mass is 9.92. The number of rotatable bonds is 29. The molecule has 0 saturated carbocycles. The first kappa shape index (κ1) is 49.8. The van der Waals surface area contributed by atoms with Gasteiger partial charge in [0.05, 0.1) is 48.7 Å². The van der Waals surface area contributed by atoms with E-state index in [-0.39, 0.29) is 77.2 Å². The van der Waals surface area contributed by atoms with Gasteiger partial charge in [-0.05, 0) is 72.6 Å². The Morgan fingerprint density at radius 3 is 1.18 bits per heavy atom. The number of carbonyl (C=O) groups is 4. The van der Waals surface area contributed by atoms with Crippen molar-refractivity contribution in [3.63, 3.8) is 0 Å². The van der Waals surface area contributed by atoms with Crippen molar-refractivity contribution < 1.29 is 38.1 Å². The van der Waals surface area contributed by atoms with Crippen molar-refractivity contribution in [2.75, 3.05) is 26.4 Å². The molecule has 8 nitrogen and oxygen atoms in total. The number of hydrogen-bond donors (Lipinski definition) is 1. The van der Waals surface area contributed by atoms with Crippen LogP contribution in [0.15, 0.2) is 35.2 Å². The third kappa shape index (κ3) is 16.1. The minimum absolute atomic E-state index is 0.0340. The Hall–Kier alpha value is -3.33. The van der Waals surface area contributed by atoms with Gasteiger partial charge in [0.1, 0.15) is 0 Å². The van der Waals surface area contributed by atoms with E-state index in [1.807, 2.05) is 0 Å². The van der Waals surface area contributed by atoms with Gasteiger partial charge < -0.3 is 18.9 Å².